The lowest BCUT2D eigenvalue weighted by Gasteiger charge is -2.02. The summed E-state index contributed by atoms with van der Waals surface area (Å²) in [7, 11) is 0. The molecule has 1 amide bonds. The number of amides is 1. The number of thiazole rings is 1. The first-order chi connectivity index (χ1) is 10.5. The van der Waals surface area contributed by atoms with Crippen LogP contribution >= 0.6 is 11.3 Å². The summed E-state index contributed by atoms with van der Waals surface area (Å²) in [5.41, 5.74) is 0.221. The fraction of sp³-hybridized carbons (Fsp3) is 0.400. The number of aromatic nitrogens is 2. The first kappa shape index (κ1) is 14.8. The van der Waals surface area contributed by atoms with Crippen LogP contribution in [0.3, 0.4) is 0 Å². The first-order valence-corrected chi connectivity index (χ1v) is 8.04. The number of hydrogen-bond acceptors (Lipinski definition) is 5. The summed E-state index contributed by atoms with van der Waals surface area (Å²) < 4.78 is 1.32. The smallest absolute Gasteiger partial charge is 0.263 e. The van der Waals surface area contributed by atoms with Gasteiger partial charge < -0.3 is 10.4 Å². The summed E-state index contributed by atoms with van der Waals surface area (Å²) in [6.45, 7) is 2.43. The van der Waals surface area contributed by atoms with Gasteiger partial charge in [-0.1, -0.05) is 24.2 Å². The molecule has 3 rings (SSSR count). The summed E-state index contributed by atoms with van der Waals surface area (Å²) in [6.07, 6.45) is 5.01. The minimum absolute atomic E-state index is 0.0902. The monoisotopic (exact) mass is 319 g/mol. The number of hydrogen-bond donors (Lipinski definition) is 2. The number of aromatic hydroxyl groups is 1. The highest BCUT2D eigenvalue weighted by Crippen LogP contribution is 2.31. The topological polar surface area (TPSA) is 84.2 Å². The number of nitrogens with one attached hydrogen (secondary N) is 1. The Morgan fingerprint density at radius 3 is 3.00 bits per heavy atom. The second-order valence-corrected chi connectivity index (χ2v) is 6.47. The van der Waals surface area contributed by atoms with Crippen molar-refractivity contribution in [2.75, 3.05) is 6.54 Å². The van der Waals surface area contributed by atoms with E-state index in [9.17, 15) is 14.7 Å². The van der Waals surface area contributed by atoms with Crippen molar-refractivity contribution < 1.29 is 9.90 Å². The van der Waals surface area contributed by atoms with Crippen LogP contribution in [0.1, 0.15) is 34.6 Å². The molecule has 7 heteroatoms. The zero-order chi connectivity index (χ0) is 15.7. The van der Waals surface area contributed by atoms with Crippen molar-refractivity contribution in [2.24, 2.45) is 5.92 Å². The van der Waals surface area contributed by atoms with Gasteiger partial charge in [-0.05, 0) is 25.3 Å². The van der Waals surface area contributed by atoms with Crippen LogP contribution < -0.4 is 10.9 Å². The van der Waals surface area contributed by atoms with E-state index in [2.05, 4.69) is 10.3 Å². The minimum atomic E-state index is -0.380. The zero-order valence-corrected chi connectivity index (χ0v) is 13.0. The molecule has 0 atom stereocenters. The Hall–Kier alpha value is -2.15. The molecule has 0 unspecified atom stereocenters. The van der Waals surface area contributed by atoms with E-state index in [4.69, 9.17) is 0 Å². The van der Waals surface area contributed by atoms with Gasteiger partial charge in [0.1, 0.15) is 10.6 Å². The number of rotatable bonds is 5. The number of aryl methyl sites for hydroxylation is 1. The molecular formula is C15H17N3O3S. The van der Waals surface area contributed by atoms with Crippen LogP contribution in [0.2, 0.25) is 0 Å². The molecule has 2 aromatic heterocycles. The van der Waals surface area contributed by atoms with Gasteiger partial charge >= 0.3 is 0 Å². The maximum absolute atomic E-state index is 12.2. The van der Waals surface area contributed by atoms with E-state index >= 15 is 0 Å². The summed E-state index contributed by atoms with van der Waals surface area (Å²) in [5, 5.41) is 12.6. The lowest BCUT2D eigenvalue weighted by molar-refractivity contribution is 0.0956. The van der Waals surface area contributed by atoms with Gasteiger partial charge in [0.15, 0.2) is 5.13 Å². The van der Waals surface area contributed by atoms with Gasteiger partial charge in [0.05, 0.1) is 5.69 Å². The average Bonchev–Trinajstić information content (AvgIpc) is 3.20. The van der Waals surface area contributed by atoms with Gasteiger partial charge in [-0.3, -0.25) is 14.2 Å². The molecule has 0 saturated heterocycles. The lowest BCUT2D eigenvalue weighted by atomic mass is 10.3. The molecule has 0 spiro atoms. The molecule has 1 aliphatic rings. The van der Waals surface area contributed by atoms with Gasteiger partial charge in [-0.25, -0.2) is 4.98 Å². The van der Waals surface area contributed by atoms with Crippen molar-refractivity contribution in [3.8, 4) is 10.9 Å². The van der Waals surface area contributed by atoms with Crippen LogP contribution in [0.15, 0.2) is 23.1 Å². The van der Waals surface area contributed by atoms with Crippen molar-refractivity contribution in [2.45, 2.75) is 26.2 Å². The molecule has 0 aromatic carbocycles. The Morgan fingerprint density at radius 2 is 2.32 bits per heavy atom. The molecule has 6 nitrogen and oxygen atoms in total. The maximum atomic E-state index is 12.2. The van der Waals surface area contributed by atoms with Crippen LogP contribution in [0.5, 0.6) is 5.75 Å². The van der Waals surface area contributed by atoms with Crippen LogP contribution in [-0.2, 0) is 0 Å². The van der Waals surface area contributed by atoms with Gasteiger partial charge in [0.25, 0.3) is 11.5 Å². The SMILES string of the molecule is Cc1nc(-n2ccc(O)cc2=O)sc1C(=O)NCCC1CC1. The highest BCUT2D eigenvalue weighted by atomic mass is 32.1. The number of carbonyl (C=O) groups is 1. The molecule has 0 bridgehead atoms. The van der Waals surface area contributed by atoms with Gasteiger partial charge in [0, 0.05) is 18.8 Å². The van der Waals surface area contributed by atoms with E-state index in [0.29, 0.717) is 22.2 Å². The molecule has 116 valence electrons. The van der Waals surface area contributed by atoms with Crippen LogP contribution in [0.4, 0.5) is 0 Å². The van der Waals surface area contributed by atoms with Gasteiger partial charge in [0.2, 0.25) is 0 Å². The standard InChI is InChI=1S/C15H17N3O3S/c1-9-13(14(21)16-6-4-10-2-3-10)22-15(17-9)18-7-5-11(19)8-12(18)20/h5,7-8,10,19H,2-4,6H2,1H3,(H,16,21). The molecule has 1 aliphatic carbocycles. The largest absolute Gasteiger partial charge is 0.508 e. The molecule has 0 aliphatic heterocycles. The van der Waals surface area contributed by atoms with Gasteiger partial charge in [-0.2, -0.15) is 0 Å². The van der Waals surface area contributed by atoms with Crippen molar-refractivity contribution in [1.82, 2.24) is 14.9 Å². The van der Waals surface area contributed by atoms with Crippen molar-refractivity contribution >= 4 is 17.2 Å². The Bertz CT molecular complexity index is 762. The number of nitrogens with zero attached hydrogens (tertiary/aromatic N) is 2. The fourth-order valence-electron chi connectivity index (χ4n) is 2.20. The predicted octanol–water partition coefficient (Wildman–Crippen LogP) is 1.84. The highest BCUT2D eigenvalue weighted by Gasteiger charge is 2.21. The summed E-state index contributed by atoms with van der Waals surface area (Å²) in [4.78, 5) is 28.8. The molecule has 1 saturated carbocycles. The average molecular weight is 319 g/mol. The Labute approximate surface area is 131 Å². The van der Waals surface area contributed by atoms with E-state index < -0.39 is 0 Å². The Kier molecular flexibility index (Phi) is 3.98. The molecular weight excluding hydrogens is 302 g/mol. The summed E-state index contributed by atoms with van der Waals surface area (Å²) in [6, 6.07) is 2.53. The normalized spacial score (nSPS) is 14.0. The highest BCUT2D eigenvalue weighted by molar-refractivity contribution is 7.16. The second kappa shape index (κ2) is 5.92. The zero-order valence-electron chi connectivity index (χ0n) is 12.2. The van der Waals surface area contributed by atoms with E-state index in [1.807, 2.05) is 0 Å². The van der Waals surface area contributed by atoms with E-state index in [0.717, 1.165) is 18.4 Å². The third kappa shape index (κ3) is 3.19. The lowest BCUT2D eigenvalue weighted by Crippen LogP contribution is -2.24. The molecule has 2 heterocycles. The van der Waals surface area contributed by atoms with Crippen molar-refractivity contribution in [1.29, 1.82) is 0 Å². The van der Waals surface area contributed by atoms with E-state index in [1.165, 1.54) is 41.0 Å². The Morgan fingerprint density at radius 1 is 1.55 bits per heavy atom. The van der Waals surface area contributed by atoms with E-state index in [-0.39, 0.29) is 17.2 Å². The molecule has 0 radical (unpaired) electrons. The predicted molar refractivity (Wildman–Crippen MR) is 83.8 cm³/mol. The first-order valence-electron chi connectivity index (χ1n) is 7.22. The third-order valence-electron chi connectivity index (χ3n) is 3.64. The van der Waals surface area contributed by atoms with Crippen LogP contribution in [-0.4, -0.2) is 27.1 Å². The Balaban J connectivity index is 1.77. The minimum Gasteiger partial charge on any atom is -0.508 e. The third-order valence-corrected chi connectivity index (χ3v) is 4.79. The quantitative estimate of drug-likeness (QED) is 0.881. The summed E-state index contributed by atoms with van der Waals surface area (Å²) >= 11 is 1.17. The van der Waals surface area contributed by atoms with Crippen molar-refractivity contribution in [3.63, 3.8) is 0 Å². The molecule has 22 heavy (non-hydrogen) atoms. The second-order valence-electron chi connectivity index (χ2n) is 5.49. The summed E-state index contributed by atoms with van der Waals surface area (Å²) in [5.74, 6) is 0.537. The fourth-order valence-corrected chi connectivity index (χ4v) is 3.17. The molecule has 2 aromatic rings. The molecule has 2 N–H and O–H groups in total. The van der Waals surface area contributed by atoms with E-state index in [1.54, 1.807) is 6.92 Å². The maximum Gasteiger partial charge on any atom is 0.263 e. The van der Waals surface area contributed by atoms with Crippen molar-refractivity contribution in [3.05, 3.63) is 39.3 Å². The number of carbonyl (C=O) groups excluding carboxylic acids is 1. The van der Waals surface area contributed by atoms with Gasteiger partial charge in [-0.15, -0.1) is 0 Å². The van der Waals surface area contributed by atoms with Crippen LogP contribution in [0.25, 0.3) is 5.13 Å². The van der Waals surface area contributed by atoms with Crippen LogP contribution in [0, 0.1) is 12.8 Å². The molecule has 1 fully saturated rings. The number of pyridine rings is 1.